The first-order valence-corrected chi connectivity index (χ1v) is 9.31. The summed E-state index contributed by atoms with van der Waals surface area (Å²) in [5, 5.41) is 0. The molecule has 0 atom stereocenters. The molecule has 0 aliphatic rings. The SMILES string of the molecule is CCCCCCCCCCCCOOCCOCCOCC. The van der Waals surface area contributed by atoms with Gasteiger partial charge in [-0.05, 0) is 13.3 Å². The molecule has 0 N–H and O–H groups in total. The van der Waals surface area contributed by atoms with Gasteiger partial charge in [-0.3, -0.25) is 0 Å². The highest BCUT2D eigenvalue weighted by atomic mass is 17.2. The summed E-state index contributed by atoms with van der Waals surface area (Å²) in [7, 11) is 0. The van der Waals surface area contributed by atoms with Crippen molar-refractivity contribution in [3.05, 3.63) is 0 Å². The van der Waals surface area contributed by atoms with Gasteiger partial charge in [0.05, 0.1) is 26.4 Å². The number of unbranched alkanes of at least 4 members (excludes halogenated alkanes) is 9. The molecule has 0 fully saturated rings. The predicted octanol–water partition coefficient (Wildman–Crippen LogP) is 4.91. The average molecular weight is 318 g/mol. The van der Waals surface area contributed by atoms with Crippen LogP contribution in [0.2, 0.25) is 0 Å². The van der Waals surface area contributed by atoms with Crippen molar-refractivity contribution < 1.29 is 19.2 Å². The predicted molar refractivity (Wildman–Crippen MR) is 91.1 cm³/mol. The molecule has 134 valence electrons. The summed E-state index contributed by atoms with van der Waals surface area (Å²) in [5.41, 5.74) is 0. The molecule has 0 unspecified atom stereocenters. The smallest absolute Gasteiger partial charge is 0.106 e. The summed E-state index contributed by atoms with van der Waals surface area (Å²) in [4.78, 5) is 10.2. The van der Waals surface area contributed by atoms with Crippen LogP contribution in [0.15, 0.2) is 0 Å². The van der Waals surface area contributed by atoms with Crippen LogP contribution in [0.25, 0.3) is 0 Å². The number of hydrogen-bond acceptors (Lipinski definition) is 4. The Kier molecular flexibility index (Phi) is 20.7. The molecule has 0 saturated carbocycles. The minimum absolute atomic E-state index is 0.490. The number of hydrogen-bond donors (Lipinski definition) is 0. The van der Waals surface area contributed by atoms with Gasteiger partial charge in [-0.25, -0.2) is 9.78 Å². The molecule has 4 nitrogen and oxygen atoms in total. The van der Waals surface area contributed by atoms with Crippen molar-refractivity contribution >= 4 is 0 Å². The minimum Gasteiger partial charge on any atom is -0.379 e. The number of rotatable bonds is 19. The Balaban J connectivity index is 2.91. The Hall–Kier alpha value is -0.160. The van der Waals surface area contributed by atoms with E-state index in [9.17, 15) is 0 Å². The normalized spacial score (nSPS) is 11.2. The molecule has 0 radical (unpaired) electrons. The Labute approximate surface area is 137 Å². The largest absolute Gasteiger partial charge is 0.379 e. The highest BCUT2D eigenvalue weighted by Crippen LogP contribution is 2.10. The van der Waals surface area contributed by atoms with Gasteiger partial charge in [0.2, 0.25) is 0 Å². The van der Waals surface area contributed by atoms with E-state index in [4.69, 9.17) is 19.2 Å². The van der Waals surface area contributed by atoms with E-state index in [1.165, 1.54) is 57.8 Å². The zero-order valence-corrected chi connectivity index (χ0v) is 14.9. The maximum Gasteiger partial charge on any atom is 0.106 e. The molecule has 0 aromatic carbocycles. The van der Waals surface area contributed by atoms with Gasteiger partial charge in [0.1, 0.15) is 6.61 Å². The average Bonchev–Trinajstić information content (AvgIpc) is 2.54. The molecule has 0 aliphatic carbocycles. The monoisotopic (exact) mass is 318 g/mol. The second-order valence-electron chi connectivity index (χ2n) is 5.64. The molecule has 0 spiro atoms. The lowest BCUT2D eigenvalue weighted by molar-refractivity contribution is -0.299. The van der Waals surface area contributed by atoms with Crippen LogP contribution in [0.4, 0.5) is 0 Å². The van der Waals surface area contributed by atoms with E-state index in [1.54, 1.807) is 0 Å². The molecule has 0 heterocycles. The van der Waals surface area contributed by atoms with Crippen LogP contribution in [0.3, 0.4) is 0 Å². The summed E-state index contributed by atoms with van der Waals surface area (Å²) in [5.74, 6) is 0. The minimum atomic E-state index is 0.490. The fourth-order valence-electron chi connectivity index (χ4n) is 2.22. The van der Waals surface area contributed by atoms with E-state index in [-0.39, 0.29) is 0 Å². The summed E-state index contributed by atoms with van der Waals surface area (Å²) in [6, 6.07) is 0. The van der Waals surface area contributed by atoms with E-state index >= 15 is 0 Å². The lowest BCUT2D eigenvalue weighted by atomic mass is 10.1. The Morgan fingerprint density at radius 1 is 0.455 bits per heavy atom. The third-order valence-corrected chi connectivity index (χ3v) is 3.55. The van der Waals surface area contributed by atoms with Gasteiger partial charge >= 0.3 is 0 Å². The first kappa shape index (κ1) is 21.8. The van der Waals surface area contributed by atoms with Gasteiger partial charge in [0.25, 0.3) is 0 Å². The molecule has 0 aromatic heterocycles. The van der Waals surface area contributed by atoms with Crippen LogP contribution in [0.1, 0.15) is 78.1 Å². The third kappa shape index (κ3) is 19.8. The second kappa shape index (κ2) is 20.8. The van der Waals surface area contributed by atoms with Crippen LogP contribution >= 0.6 is 0 Å². The van der Waals surface area contributed by atoms with Gasteiger partial charge in [-0.15, -0.1) is 0 Å². The van der Waals surface area contributed by atoms with Crippen LogP contribution in [0.5, 0.6) is 0 Å². The zero-order valence-electron chi connectivity index (χ0n) is 14.9. The van der Waals surface area contributed by atoms with E-state index < -0.39 is 0 Å². The molecule has 0 aliphatic heterocycles. The van der Waals surface area contributed by atoms with Gasteiger partial charge in [-0.1, -0.05) is 64.7 Å². The molecule has 0 saturated heterocycles. The lowest BCUT2D eigenvalue weighted by Crippen LogP contribution is -2.09. The highest BCUT2D eigenvalue weighted by Gasteiger charge is 1.94. The maximum absolute atomic E-state index is 5.31. The van der Waals surface area contributed by atoms with Crippen molar-refractivity contribution in [3.63, 3.8) is 0 Å². The zero-order chi connectivity index (χ0) is 16.1. The molecule has 0 bridgehead atoms. The third-order valence-electron chi connectivity index (χ3n) is 3.55. The first-order valence-electron chi connectivity index (χ1n) is 9.31. The molecular weight excluding hydrogens is 280 g/mol. The van der Waals surface area contributed by atoms with E-state index in [0.717, 1.165) is 13.0 Å². The molecule has 0 aromatic rings. The van der Waals surface area contributed by atoms with E-state index in [2.05, 4.69) is 6.92 Å². The lowest BCUT2D eigenvalue weighted by Gasteiger charge is -2.06. The van der Waals surface area contributed by atoms with Gasteiger partial charge in [0.15, 0.2) is 0 Å². The molecular formula is C18H38O4. The topological polar surface area (TPSA) is 36.9 Å². The molecule has 4 heteroatoms. The van der Waals surface area contributed by atoms with Crippen molar-refractivity contribution in [1.82, 2.24) is 0 Å². The van der Waals surface area contributed by atoms with Crippen LogP contribution in [-0.4, -0.2) is 39.6 Å². The molecule has 0 amide bonds. The molecule has 22 heavy (non-hydrogen) atoms. The quantitative estimate of drug-likeness (QED) is 0.193. The van der Waals surface area contributed by atoms with Crippen molar-refractivity contribution in [2.24, 2.45) is 0 Å². The van der Waals surface area contributed by atoms with Crippen LogP contribution in [0, 0.1) is 0 Å². The van der Waals surface area contributed by atoms with Crippen LogP contribution in [-0.2, 0) is 19.2 Å². The number of ether oxygens (including phenoxy) is 2. The van der Waals surface area contributed by atoms with E-state index in [0.29, 0.717) is 33.0 Å². The van der Waals surface area contributed by atoms with E-state index in [1.807, 2.05) is 6.92 Å². The summed E-state index contributed by atoms with van der Waals surface area (Å²) >= 11 is 0. The van der Waals surface area contributed by atoms with Gasteiger partial charge in [-0.2, -0.15) is 0 Å². The Morgan fingerprint density at radius 3 is 1.59 bits per heavy atom. The second-order valence-corrected chi connectivity index (χ2v) is 5.64. The van der Waals surface area contributed by atoms with Crippen molar-refractivity contribution in [2.45, 2.75) is 78.1 Å². The fraction of sp³-hybridized carbons (Fsp3) is 1.00. The van der Waals surface area contributed by atoms with Crippen molar-refractivity contribution in [2.75, 3.05) is 39.6 Å². The maximum atomic E-state index is 5.31. The van der Waals surface area contributed by atoms with Gasteiger partial charge < -0.3 is 9.47 Å². The Bertz CT molecular complexity index is 168. The van der Waals surface area contributed by atoms with Gasteiger partial charge in [0, 0.05) is 6.61 Å². The summed E-state index contributed by atoms with van der Waals surface area (Å²) in [6.45, 7) is 7.99. The van der Waals surface area contributed by atoms with Crippen LogP contribution < -0.4 is 0 Å². The van der Waals surface area contributed by atoms with Crippen molar-refractivity contribution in [3.8, 4) is 0 Å². The highest BCUT2D eigenvalue weighted by molar-refractivity contribution is 4.46. The van der Waals surface area contributed by atoms with Crippen molar-refractivity contribution in [1.29, 1.82) is 0 Å². The fourth-order valence-corrected chi connectivity index (χ4v) is 2.22. The molecule has 0 rings (SSSR count). The summed E-state index contributed by atoms with van der Waals surface area (Å²) in [6.07, 6.45) is 13.4. The summed E-state index contributed by atoms with van der Waals surface area (Å²) < 4.78 is 10.5. The first-order chi connectivity index (χ1) is 10.9. The Morgan fingerprint density at radius 2 is 0.955 bits per heavy atom. The standard InChI is InChI=1S/C18H38O4/c1-3-5-6-7-8-9-10-11-12-13-14-21-22-18-17-20-16-15-19-4-2/h3-18H2,1-2H3.